The zero-order chi connectivity index (χ0) is 33.8. The predicted molar refractivity (Wildman–Crippen MR) is 136 cm³/mol. The topological polar surface area (TPSA) is 102 Å². The van der Waals surface area contributed by atoms with Crippen LogP contribution in [0.5, 0.6) is 0 Å². The summed E-state index contributed by atoms with van der Waals surface area (Å²) in [4.78, 5) is 20.3. The zero-order valence-electron chi connectivity index (χ0n) is 23.4. The maximum atomic E-state index is 14.3. The van der Waals surface area contributed by atoms with Crippen LogP contribution in [0.15, 0.2) is 22.7 Å². The van der Waals surface area contributed by atoms with E-state index in [-0.39, 0.29) is 58.9 Å². The van der Waals surface area contributed by atoms with Crippen LogP contribution in [0.4, 0.5) is 43.9 Å². The van der Waals surface area contributed by atoms with Crippen LogP contribution in [0, 0.1) is 0 Å². The highest BCUT2D eigenvalue weighted by Gasteiger charge is 2.71. The first-order valence-electron chi connectivity index (χ1n) is 12.9. The van der Waals surface area contributed by atoms with E-state index in [2.05, 4.69) is 15.1 Å². The van der Waals surface area contributed by atoms with Crippen molar-refractivity contribution < 1.29 is 63.1 Å². The third-order valence-electron chi connectivity index (χ3n) is 7.08. The fourth-order valence-electron chi connectivity index (χ4n) is 4.86. The number of aromatic nitrogens is 3. The predicted octanol–water partition coefficient (Wildman–Crippen LogP) is 6.83. The molecule has 1 aliphatic heterocycles. The summed E-state index contributed by atoms with van der Waals surface area (Å²) in [5.74, 6) is -3.34. The molecule has 45 heavy (non-hydrogen) atoms. The molecule has 3 heterocycles. The molecule has 8 nitrogen and oxygen atoms in total. The van der Waals surface area contributed by atoms with Crippen molar-refractivity contribution in [2.45, 2.75) is 82.1 Å². The van der Waals surface area contributed by atoms with Gasteiger partial charge in [0.25, 0.3) is 24.4 Å². The van der Waals surface area contributed by atoms with Crippen LogP contribution in [-0.4, -0.2) is 68.1 Å². The van der Waals surface area contributed by atoms with Crippen molar-refractivity contribution in [2.24, 2.45) is 0 Å². The van der Waals surface area contributed by atoms with Gasteiger partial charge in [0.05, 0.1) is 23.5 Å². The Hall–Kier alpha value is -3.32. The lowest BCUT2D eigenvalue weighted by atomic mass is 9.89. The average Bonchev–Trinajstić information content (AvgIpc) is 3.58. The lowest BCUT2D eigenvalue weighted by molar-refractivity contribution is -0.376. The molecule has 1 aliphatic rings. The lowest BCUT2D eigenvalue weighted by Crippen LogP contribution is -2.54. The second kappa shape index (κ2) is 11.8. The molecular weight excluding hydrogens is 654 g/mol. The number of hydrogen-bond donors (Lipinski definition) is 1. The van der Waals surface area contributed by atoms with E-state index in [4.69, 9.17) is 9.26 Å². The summed E-state index contributed by atoms with van der Waals surface area (Å²) >= 11 is 0.610. The second-order valence-electron chi connectivity index (χ2n) is 11.1. The van der Waals surface area contributed by atoms with E-state index in [0.717, 1.165) is 0 Å². The Kier molecular flexibility index (Phi) is 9.06. The van der Waals surface area contributed by atoms with Crippen molar-refractivity contribution in [2.75, 3.05) is 6.54 Å². The molecule has 0 bridgehead atoms. The maximum absolute atomic E-state index is 14.3. The Morgan fingerprint density at radius 3 is 2.33 bits per heavy atom. The van der Waals surface area contributed by atoms with Gasteiger partial charge in [-0.05, 0) is 26.8 Å². The number of aliphatic hydroxyl groups is 1. The minimum absolute atomic E-state index is 0.0424. The molecule has 1 saturated heterocycles. The first kappa shape index (κ1) is 34.6. The van der Waals surface area contributed by atoms with E-state index < -0.39 is 71.6 Å². The van der Waals surface area contributed by atoms with Crippen LogP contribution < -0.4 is 0 Å². The highest BCUT2D eigenvalue weighted by Crippen LogP contribution is 2.51. The Morgan fingerprint density at radius 2 is 1.80 bits per heavy atom. The van der Waals surface area contributed by atoms with E-state index in [0.29, 0.717) is 17.4 Å². The Morgan fingerprint density at radius 1 is 1.16 bits per heavy atom. The first-order chi connectivity index (χ1) is 20.6. The zero-order valence-corrected chi connectivity index (χ0v) is 24.3. The van der Waals surface area contributed by atoms with Crippen molar-refractivity contribution in [1.82, 2.24) is 20.0 Å². The van der Waals surface area contributed by atoms with Gasteiger partial charge >= 0.3 is 12.4 Å². The molecule has 3 aromatic rings. The standard InChI is InChI=1S/C26H24F10N4O4S/c1-12-7-23(29,30)10-40(12)9-16-18(45-21(37-16)20-38-17(44-39-20)8-22(2,3)43-11-41)14-5-4-13(6-15(14)19(27)28)24(42,25(31,32)33)26(34,35)36/h4-6,11-12,19,42H,7-10H2,1-3H3/t12-/m0/s1. The molecule has 0 saturated carbocycles. The first-order valence-corrected chi connectivity index (χ1v) is 13.7. The van der Waals surface area contributed by atoms with Gasteiger partial charge in [-0.3, -0.25) is 9.69 Å². The van der Waals surface area contributed by atoms with Crippen molar-refractivity contribution in [3.8, 4) is 21.3 Å². The van der Waals surface area contributed by atoms with Gasteiger partial charge < -0.3 is 14.4 Å². The quantitative estimate of drug-likeness (QED) is 0.184. The molecule has 0 aliphatic carbocycles. The third kappa shape index (κ3) is 6.94. The summed E-state index contributed by atoms with van der Waals surface area (Å²) in [5, 5.41) is 13.4. The SMILES string of the molecule is C[C@H]1CC(F)(F)CN1Cc1nc(-c2noc(CC(C)(C)OC=O)n2)sc1-c1ccc(C(O)(C(F)(F)F)C(F)(F)F)cc1C(F)F. The van der Waals surface area contributed by atoms with Crippen LogP contribution >= 0.6 is 11.3 Å². The molecule has 1 aromatic carbocycles. The van der Waals surface area contributed by atoms with Crippen molar-refractivity contribution in [3.05, 3.63) is 40.9 Å². The molecule has 2 aromatic heterocycles. The van der Waals surface area contributed by atoms with Crippen LogP contribution in [0.2, 0.25) is 0 Å². The van der Waals surface area contributed by atoms with Gasteiger partial charge in [-0.25, -0.2) is 22.5 Å². The van der Waals surface area contributed by atoms with Crippen LogP contribution in [0.3, 0.4) is 0 Å². The normalized spacial score (nSPS) is 18.2. The highest BCUT2D eigenvalue weighted by molar-refractivity contribution is 7.18. The Labute approximate surface area is 252 Å². The molecule has 1 fully saturated rings. The van der Waals surface area contributed by atoms with Gasteiger partial charge in [0, 0.05) is 35.7 Å². The molecule has 0 unspecified atom stereocenters. The van der Waals surface area contributed by atoms with Gasteiger partial charge in [-0.15, -0.1) is 11.3 Å². The average molecular weight is 679 g/mol. The molecule has 1 N–H and O–H groups in total. The van der Waals surface area contributed by atoms with Crippen LogP contribution in [0.1, 0.15) is 56.3 Å². The second-order valence-corrected chi connectivity index (χ2v) is 12.1. The van der Waals surface area contributed by atoms with Crippen LogP contribution in [0.25, 0.3) is 21.3 Å². The molecule has 248 valence electrons. The summed E-state index contributed by atoms with van der Waals surface area (Å²) in [6.45, 7) is 3.65. The van der Waals surface area contributed by atoms with E-state index in [9.17, 15) is 53.8 Å². The van der Waals surface area contributed by atoms with Gasteiger partial charge in [0.1, 0.15) is 5.60 Å². The number of hydrogen-bond acceptors (Lipinski definition) is 9. The molecule has 4 rings (SSSR count). The van der Waals surface area contributed by atoms with Gasteiger partial charge in [-0.1, -0.05) is 17.3 Å². The largest absolute Gasteiger partial charge is 0.461 e. The minimum Gasteiger partial charge on any atom is -0.461 e. The lowest BCUT2D eigenvalue weighted by Gasteiger charge is -2.33. The number of thiazole rings is 1. The number of likely N-dealkylation sites (tertiary alicyclic amines) is 1. The number of carbonyl (C=O) groups excluding carboxylic acids is 1. The van der Waals surface area contributed by atoms with Crippen molar-refractivity contribution in [1.29, 1.82) is 0 Å². The van der Waals surface area contributed by atoms with Crippen molar-refractivity contribution >= 4 is 17.8 Å². The fourth-order valence-corrected chi connectivity index (χ4v) is 5.91. The number of nitrogens with zero attached hydrogens (tertiary/aromatic N) is 4. The number of ether oxygens (including phenoxy) is 1. The summed E-state index contributed by atoms with van der Waals surface area (Å²) in [5.41, 5.74) is -10.4. The Bertz CT molecular complexity index is 1520. The summed E-state index contributed by atoms with van der Waals surface area (Å²) in [6.07, 6.45) is -16.9. The molecule has 1 atom stereocenters. The summed E-state index contributed by atoms with van der Waals surface area (Å²) in [6, 6.07) is -0.0543. The molecule has 19 heteroatoms. The van der Waals surface area contributed by atoms with Gasteiger partial charge in [0.2, 0.25) is 11.7 Å². The summed E-state index contributed by atoms with van der Waals surface area (Å²) in [7, 11) is 0. The molecule has 0 amide bonds. The third-order valence-corrected chi connectivity index (χ3v) is 8.20. The molecule has 0 radical (unpaired) electrons. The van der Waals surface area contributed by atoms with Crippen LogP contribution in [-0.2, 0) is 28.1 Å². The van der Waals surface area contributed by atoms with E-state index >= 15 is 0 Å². The number of alkyl halides is 10. The molecule has 0 spiro atoms. The van der Waals surface area contributed by atoms with E-state index in [1.54, 1.807) is 0 Å². The maximum Gasteiger partial charge on any atom is 0.430 e. The Balaban J connectivity index is 1.85. The van der Waals surface area contributed by atoms with Gasteiger partial charge in [-0.2, -0.15) is 31.3 Å². The monoisotopic (exact) mass is 678 g/mol. The smallest absolute Gasteiger partial charge is 0.430 e. The number of halogens is 10. The van der Waals surface area contributed by atoms with Crippen molar-refractivity contribution in [3.63, 3.8) is 0 Å². The molecular formula is C26H24F10N4O4S. The fraction of sp³-hybridized carbons (Fsp3) is 0.538. The number of carbonyl (C=O) groups is 1. The minimum atomic E-state index is -6.33. The number of benzene rings is 1. The number of rotatable bonds is 10. The van der Waals surface area contributed by atoms with Gasteiger partial charge in [0.15, 0.2) is 5.01 Å². The summed E-state index contributed by atoms with van der Waals surface area (Å²) < 4.78 is 148. The highest BCUT2D eigenvalue weighted by atomic mass is 32.1. The van der Waals surface area contributed by atoms with E-state index in [1.807, 2.05) is 0 Å². The van der Waals surface area contributed by atoms with E-state index in [1.165, 1.54) is 25.7 Å².